The molecule has 0 aliphatic carbocycles. The van der Waals surface area contributed by atoms with Crippen LogP contribution < -0.4 is 20.1 Å². The molecule has 2 aromatic rings. The van der Waals surface area contributed by atoms with E-state index in [-0.39, 0.29) is 12.5 Å². The number of ether oxygens (including phenoxy) is 2. The summed E-state index contributed by atoms with van der Waals surface area (Å²) >= 11 is 0. The summed E-state index contributed by atoms with van der Waals surface area (Å²) in [6, 6.07) is 14.8. The molecule has 2 aromatic carbocycles. The van der Waals surface area contributed by atoms with Crippen LogP contribution in [0.15, 0.2) is 60.7 Å². The van der Waals surface area contributed by atoms with Crippen molar-refractivity contribution in [1.82, 2.24) is 0 Å². The van der Waals surface area contributed by atoms with Crippen molar-refractivity contribution in [3.05, 3.63) is 60.7 Å². The van der Waals surface area contributed by atoms with Crippen molar-refractivity contribution in [3.8, 4) is 11.5 Å². The van der Waals surface area contributed by atoms with Gasteiger partial charge in [-0.05, 0) is 43.7 Å². The van der Waals surface area contributed by atoms with Gasteiger partial charge in [0, 0.05) is 23.5 Å². The minimum absolute atomic E-state index is 0.140. The second-order valence-electron chi connectivity index (χ2n) is 5.64. The van der Waals surface area contributed by atoms with Crippen LogP contribution in [-0.4, -0.2) is 25.7 Å². The summed E-state index contributed by atoms with van der Waals surface area (Å²) in [5.74, 6) is 1.33. The van der Waals surface area contributed by atoms with Gasteiger partial charge in [0.1, 0.15) is 18.1 Å². The van der Waals surface area contributed by atoms with Crippen LogP contribution in [0.1, 0.15) is 13.8 Å². The third-order valence-electron chi connectivity index (χ3n) is 3.20. The number of benzene rings is 2. The lowest BCUT2D eigenvalue weighted by Crippen LogP contribution is -2.21. The smallest absolute Gasteiger partial charge is 0.243 e. The predicted octanol–water partition coefficient (Wildman–Crippen LogP) is 4.09. The second-order valence-corrected chi connectivity index (χ2v) is 5.64. The lowest BCUT2D eigenvalue weighted by atomic mass is 10.3. The zero-order valence-electron chi connectivity index (χ0n) is 14.7. The largest absolute Gasteiger partial charge is 0.494 e. The van der Waals surface area contributed by atoms with Gasteiger partial charge in [-0.2, -0.15) is 0 Å². The number of rotatable bonds is 9. The summed E-state index contributed by atoms with van der Waals surface area (Å²) in [7, 11) is 0. The molecule has 25 heavy (non-hydrogen) atoms. The lowest BCUT2D eigenvalue weighted by Gasteiger charge is -2.11. The van der Waals surface area contributed by atoms with Gasteiger partial charge in [-0.3, -0.25) is 4.79 Å². The van der Waals surface area contributed by atoms with Crippen LogP contribution in [0.3, 0.4) is 0 Å². The molecule has 0 atom stereocenters. The van der Waals surface area contributed by atoms with E-state index >= 15 is 0 Å². The van der Waals surface area contributed by atoms with E-state index in [2.05, 4.69) is 17.2 Å². The van der Waals surface area contributed by atoms with E-state index < -0.39 is 0 Å². The lowest BCUT2D eigenvalue weighted by molar-refractivity contribution is -0.114. The van der Waals surface area contributed by atoms with Crippen LogP contribution in [0.2, 0.25) is 0 Å². The van der Waals surface area contributed by atoms with Gasteiger partial charge in [0.2, 0.25) is 5.91 Å². The molecule has 0 aliphatic rings. The molecule has 0 unspecified atom stereocenters. The molecule has 132 valence electrons. The molecule has 2 rings (SSSR count). The van der Waals surface area contributed by atoms with E-state index in [1.165, 1.54) is 0 Å². The van der Waals surface area contributed by atoms with Gasteiger partial charge >= 0.3 is 0 Å². The van der Waals surface area contributed by atoms with Crippen molar-refractivity contribution in [2.45, 2.75) is 13.8 Å². The highest BCUT2D eigenvalue weighted by Gasteiger charge is 2.04. The van der Waals surface area contributed by atoms with Crippen molar-refractivity contribution in [3.63, 3.8) is 0 Å². The highest BCUT2D eigenvalue weighted by molar-refractivity contribution is 5.93. The average Bonchev–Trinajstić information content (AvgIpc) is 2.59. The van der Waals surface area contributed by atoms with E-state index in [0.29, 0.717) is 24.7 Å². The van der Waals surface area contributed by atoms with Crippen molar-refractivity contribution in [2.24, 2.45) is 0 Å². The summed E-state index contributed by atoms with van der Waals surface area (Å²) in [5.41, 5.74) is 2.46. The Labute approximate surface area is 148 Å². The molecule has 5 nitrogen and oxygen atoms in total. The number of hydrogen-bond donors (Lipinski definition) is 2. The maximum absolute atomic E-state index is 12.1. The van der Waals surface area contributed by atoms with E-state index in [9.17, 15) is 4.79 Å². The van der Waals surface area contributed by atoms with Crippen molar-refractivity contribution >= 4 is 17.3 Å². The zero-order valence-corrected chi connectivity index (χ0v) is 14.7. The number of carbonyl (C=O) groups is 1. The van der Waals surface area contributed by atoms with E-state index in [1.54, 1.807) is 6.07 Å². The van der Waals surface area contributed by atoms with Gasteiger partial charge in [0.25, 0.3) is 0 Å². The first-order chi connectivity index (χ1) is 12.1. The minimum atomic E-state index is -0.140. The molecule has 0 fully saturated rings. The molecule has 0 radical (unpaired) electrons. The Morgan fingerprint density at radius 2 is 1.68 bits per heavy atom. The molecule has 2 N–H and O–H groups in total. The third kappa shape index (κ3) is 6.59. The number of hydrogen-bond acceptors (Lipinski definition) is 4. The van der Waals surface area contributed by atoms with Crippen LogP contribution in [-0.2, 0) is 4.79 Å². The molecular formula is C20H24N2O3. The molecule has 5 heteroatoms. The molecule has 0 saturated carbocycles. The summed E-state index contributed by atoms with van der Waals surface area (Å²) in [4.78, 5) is 12.1. The Bertz CT molecular complexity index is 728. The van der Waals surface area contributed by atoms with Gasteiger partial charge in [-0.25, -0.2) is 0 Å². The summed E-state index contributed by atoms with van der Waals surface area (Å²) < 4.78 is 11.0. The van der Waals surface area contributed by atoms with Crippen LogP contribution in [0.4, 0.5) is 11.4 Å². The summed E-state index contributed by atoms with van der Waals surface area (Å²) in [6.07, 6.45) is 0. The fourth-order valence-corrected chi connectivity index (χ4v) is 2.12. The summed E-state index contributed by atoms with van der Waals surface area (Å²) in [6.45, 7) is 8.85. The van der Waals surface area contributed by atoms with E-state index in [0.717, 1.165) is 17.0 Å². The molecule has 0 bridgehead atoms. The van der Waals surface area contributed by atoms with Gasteiger partial charge in [-0.1, -0.05) is 18.7 Å². The molecule has 0 aliphatic heterocycles. The maximum atomic E-state index is 12.1. The van der Waals surface area contributed by atoms with E-state index in [4.69, 9.17) is 9.47 Å². The van der Waals surface area contributed by atoms with Crippen molar-refractivity contribution in [2.75, 3.05) is 30.4 Å². The van der Waals surface area contributed by atoms with Crippen molar-refractivity contribution < 1.29 is 14.3 Å². The van der Waals surface area contributed by atoms with Gasteiger partial charge in [-0.15, -0.1) is 0 Å². The first kappa shape index (κ1) is 18.4. The highest BCUT2D eigenvalue weighted by Crippen LogP contribution is 2.19. The van der Waals surface area contributed by atoms with Gasteiger partial charge in [0.15, 0.2) is 0 Å². The zero-order chi connectivity index (χ0) is 18.1. The molecule has 1 amide bonds. The average molecular weight is 340 g/mol. The Kier molecular flexibility index (Phi) is 6.89. The Morgan fingerprint density at radius 3 is 2.36 bits per heavy atom. The monoisotopic (exact) mass is 340 g/mol. The topological polar surface area (TPSA) is 59.6 Å². The Balaban J connectivity index is 1.86. The maximum Gasteiger partial charge on any atom is 0.243 e. The highest BCUT2D eigenvalue weighted by atomic mass is 16.5. The molecule has 0 heterocycles. The van der Waals surface area contributed by atoms with Crippen LogP contribution in [0.25, 0.3) is 0 Å². The van der Waals surface area contributed by atoms with Crippen LogP contribution in [0.5, 0.6) is 11.5 Å². The normalized spacial score (nSPS) is 10.0. The third-order valence-corrected chi connectivity index (χ3v) is 3.20. The Morgan fingerprint density at radius 1 is 1.04 bits per heavy atom. The summed E-state index contributed by atoms with van der Waals surface area (Å²) in [5, 5.41) is 5.93. The number of carbonyl (C=O) groups excluding carboxylic acids is 1. The fraction of sp³-hybridized carbons (Fsp3) is 0.250. The number of amides is 1. The second kappa shape index (κ2) is 9.37. The first-order valence-corrected chi connectivity index (χ1v) is 8.20. The molecular weight excluding hydrogens is 316 g/mol. The molecule has 0 spiro atoms. The number of anilines is 2. The van der Waals surface area contributed by atoms with Crippen LogP contribution in [0, 0.1) is 0 Å². The van der Waals surface area contributed by atoms with Crippen LogP contribution >= 0.6 is 0 Å². The van der Waals surface area contributed by atoms with Gasteiger partial charge < -0.3 is 20.1 Å². The predicted molar refractivity (Wildman–Crippen MR) is 101 cm³/mol. The fourth-order valence-electron chi connectivity index (χ4n) is 2.12. The molecule has 0 aromatic heterocycles. The number of nitrogens with one attached hydrogen (secondary N) is 2. The molecule has 0 saturated heterocycles. The quantitative estimate of drug-likeness (QED) is 0.675. The van der Waals surface area contributed by atoms with E-state index in [1.807, 2.05) is 56.3 Å². The minimum Gasteiger partial charge on any atom is -0.494 e. The first-order valence-electron chi connectivity index (χ1n) is 8.20. The standard InChI is InChI=1S/C20H24N2O3/c1-4-24-18-9-5-7-16(11-18)21-13-20(23)22-17-8-6-10-19(12-17)25-14-15(2)3/h5-12,21H,2,4,13-14H2,1,3H3,(H,22,23). The SMILES string of the molecule is C=C(C)COc1cccc(NC(=O)CNc2cccc(OCC)c2)c1. The Hall–Kier alpha value is -2.95. The van der Waals surface area contributed by atoms with Gasteiger partial charge in [0.05, 0.1) is 13.2 Å². The van der Waals surface area contributed by atoms with Crippen molar-refractivity contribution in [1.29, 1.82) is 0 Å².